The first-order valence-corrected chi connectivity index (χ1v) is 13.5. The number of hydrogen-bond donors (Lipinski definition) is 4. The van der Waals surface area contributed by atoms with Crippen molar-refractivity contribution in [3.63, 3.8) is 0 Å². The third kappa shape index (κ3) is 8.29. The van der Waals surface area contributed by atoms with E-state index in [2.05, 4.69) is 20.9 Å². The Balaban J connectivity index is 1.55. The van der Waals surface area contributed by atoms with Crippen LogP contribution in [0, 0.1) is 11.6 Å². The molecule has 0 fully saturated rings. The molecular formula is C30H28ClF2N5O5. The molecule has 224 valence electrons. The zero-order valence-corrected chi connectivity index (χ0v) is 23.7. The van der Waals surface area contributed by atoms with Gasteiger partial charge in [0.2, 0.25) is 0 Å². The Morgan fingerprint density at radius 2 is 1.79 bits per heavy atom. The first-order chi connectivity index (χ1) is 20.6. The minimum Gasteiger partial charge on any atom is -0.465 e. The quantitative estimate of drug-likeness (QED) is 0.176. The number of halogens is 3. The van der Waals surface area contributed by atoms with Crippen LogP contribution in [0.5, 0.6) is 0 Å². The van der Waals surface area contributed by atoms with E-state index in [1.807, 2.05) is 18.2 Å². The number of anilines is 1. The van der Waals surface area contributed by atoms with E-state index in [4.69, 9.17) is 21.4 Å². The van der Waals surface area contributed by atoms with Gasteiger partial charge in [-0.3, -0.25) is 5.32 Å². The van der Waals surface area contributed by atoms with Crippen molar-refractivity contribution in [1.82, 2.24) is 20.5 Å². The zero-order chi connectivity index (χ0) is 30.9. The number of carbonyl (C=O) groups excluding carboxylic acids is 2. The average Bonchev–Trinajstić information content (AvgIpc) is 2.99. The maximum Gasteiger partial charge on any atom is 0.410 e. The van der Waals surface area contributed by atoms with Crippen molar-refractivity contribution in [3.8, 4) is 0 Å². The molecule has 0 aliphatic heterocycles. The summed E-state index contributed by atoms with van der Waals surface area (Å²) in [4.78, 5) is 42.2. The Morgan fingerprint density at radius 3 is 2.53 bits per heavy atom. The Kier molecular flexibility index (Phi) is 10.3. The zero-order valence-electron chi connectivity index (χ0n) is 22.9. The van der Waals surface area contributed by atoms with Gasteiger partial charge in [-0.2, -0.15) is 0 Å². The third-order valence-corrected chi connectivity index (χ3v) is 7.08. The first kappa shape index (κ1) is 31.0. The molecule has 43 heavy (non-hydrogen) atoms. The van der Waals surface area contributed by atoms with Crippen molar-refractivity contribution in [3.05, 3.63) is 106 Å². The molecule has 1 atom stereocenters. The lowest BCUT2D eigenvalue weighted by Gasteiger charge is -2.29. The van der Waals surface area contributed by atoms with Crippen molar-refractivity contribution in [2.24, 2.45) is 0 Å². The number of alkyl carbamates (subject to hydrolysis) is 1. The predicted octanol–water partition coefficient (Wildman–Crippen LogP) is 5.94. The van der Waals surface area contributed by atoms with Crippen LogP contribution in [0.15, 0.2) is 72.9 Å². The lowest BCUT2D eigenvalue weighted by Crippen LogP contribution is -2.49. The van der Waals surface area contributed by atoms with Crippen LogP contribution < -0.4 is 16.0 Å². The molecule has 1 unspecified atom stereocenters. The second-order valence-electron chi connectivity index (χ2n) is 9.53. The molecule has 0 aliphatic rings. The van der Waals surface area contributed by atoms with Gasteiger partial charge in [0.1, 0.15) is 24.1 Å². The van der Waals surface area contributed by atoms with Gasteiger partial charge in [-0.15, -0.1) is 0 Å². The SMILES string of the molecule is CN(C(=O)NCc1cccc(F)c1Cl)C(CNC(=O)OCc1ccccc1)Cc1c(F)ccc2cnc(NC(=O)O)cc12. The molecule has 1 heterocycles. The number of rotatable bonds is 10. The van der Waals surface area contributed by atoms with E-state index in [0.717, 1.165) is 5.56 Å². The molecule has 0 aliphatic carbocycles. The summed E-state index contributed by atoms with van der Waals surface area (Å²) in [5.41, 5.74) is 1.30. The third-order valence-electron chi connectivity index (χ3n) is 6.66. The molecule has 0 saturated carbocycles. The van der Waals surface area contributed by atoms with E-state index in [9.17, 15) is 18.8 Å². The molecule has 4 amide bonds. The van der Waals surface area contributed by atoms with E-state index < -0.39 is 35.9 Å². The molecular weight excluding hydrogens is 584 g/mol. The summed E-state index contributed by atoms with van der Waals surface area (Å²) >= 11 is 6.01. The van der Waals surface area contributed by atoms with Gasteiger partial charge in [-0.1, -0.05) is 54.1 Å². The standard InChI is InChI=1S/C30H28ClF2N5O5/c1-38(28(39)35-15-20-8-5-9-25(33)27(20)31)21(16-36-30(42)43-17-18-6-3-2-4-7-18)12-23-22-13-26(37-29(40)41)34-14-19(22)10-11-24(23)32/h2-11,13-14,21H,12,15-17H2,1H3,(H,34,37)(H,35,39)(H,36,42)(H,40,41). The van der Waals surface area contributed by atoms with Gasteiger partial charge in [-0.05, 0) is 52.8 Å². The number of nitrogens with one attached hydrogen (secondary N) is 3. The molecule has 3 aromatic carbocycles. The van der Waals surface area contributed by atoms with Gasteiger partial charge in [0.05, 0.1) is 11.1 Å². The van der Waals surface area contributed by atoms with E-state index in [1.54, 1.807) is 18.2 Å². The van der Waals surface area contributed by atoms with Crippen LogP contribution in [0.3, 0.4) is 0 Å². The van der Waals surface area contributed by atoms with Gasteiger partial charge in [0, 0.05) is 31.7 Å². The summed E-state index contributed by atoms with van der Waals surface area (Å²) in [5, 5.41) is 17.3. The fourth-order valence-corrected chi connectivity index (χ4v) is 4.53. The van der Waals surface area contributed by atoms with Gasteiger partial charge in [-0.25, -0.2) is 28.1 Å². The minimum atomic E-state index is -1.34. The molecule has 4 N–H and O–H groups in total. The predicted molar refractivity (Wildman–Crippen MR) is 157 cm³/mol. The van der Waals surface area contributed by atoms with Gasteiger partial charge in [0.25, 0.3) is 0 Å². The van der Waals surface area contributed by atoms with Crippen molar-refractivity contribution >= 4 is 46.4 Å². The average molecular weight is 612 g/mol. The lowest BCUT2D eigenvalue weighted by atomic mass is 9.98. The highest BCUT2D eigenvalue weighted by atomic mass is 35.5. The summed E-state index contributed by atoms with van der Waals surface area (Å²) in [5.74, 6) is -1.24. The van der Waals surface area contributed by atoms with Gasteiger partial charge in [0.15, 0.2) is 0 Å². The number of carbonyl (C=O) groups is 3. The molecule has 4 rings (SSSR count). The summed E-state index contributed by atoms with van der Waals surface area (Å²) in [7, 11) is 1.46. The maximum absolute atomic E-state index is 15.3. The van der Waals surface area contributed by atoms with E-state index in [0.29, 0.717) is 16.3 Å². The van der Waals surface area contributed by atoms with Crippen LogP contribution in [-0.4, -0.2) is 52.8 Å². The molecule has 4 aromatic rings. The fraction of sp³-hybridized carbons (Fsp3) is 0.200. The Labute approximate surface area is 250 Å². The number of pyridine rings is 1. The minimum absolute atomic E-state index is 0.0101. The number of fused-ring (bicyclic) bond motifs is 1. The molecule has 0 saturated heterocycles. The smallest absolute Gasteiger partial charge is 0.410 e. The highest BCUT2D eigenvalue weighted by Crippen LogP contribution is 2.26. The number of amides is 4. The second kappa shape index (κ2) is 14.3. The van der Waals surface area contributed by atoms with Crippen molar-refractivity contribution < 1.29 is 33.0 Å². The number of urea groups is 1. The van der Waals surface area contributed by atoms with Crippen LogP contribution in [0.25, 0.3) is 10.8 Å². The summed E-state index contributed by atoms with van der Waals surface area (Å²) < 4.78 is 34.4. The van der Waals surface area contributed by atoms with Crippen LogP contribution in [0.1, 0.15) is 16.7 Å². The molecule has 0 radical (unpaired) electrons. The maximum atomic E-state index is 15.3. The van der Waals surface area contributed by atoms with Crippen LogP contribution in [0.4, 0.5) is 29.0 Å². The number of ether oxygens (including phenoxy) is 1. The highest BCUT2D eigenvalue weighted by Gasteiger charge is 2.24. The van der Waals surface area contributed by atoms with Crippen LogP contribution in [-0.2, 0) is 24.3 Å². The molecule has 10 nitrogen and oxygen atoms in total. The van der Waals surface area contributed by atoms with Crippen molar-refractivity contribution in [2.75, 3.05) is 18.9 Å². The van der Waals surface area contributed by atoms with E-state index in [1.165, 1.54) is 48.5 Å². The number of nitrogens with zero attached hydrogens (tertiary/aromatic N) is 2. The van der Waals surface area contributed by atoms with Crippen LogP contribution >= 0.6 is 11.6 Å². The topological polar surface area (TPSA) is 133 Å². The van der Waals surface area contributed by atoms with Crippen molar-refractivity contribution in [1.29, 1.82) is 0 Å². The molecule has 13 heteroatoms. The monoisotopic (exact) mass is 611 g/mol. The number of likely N-dealkylation sites (N-methyl/N-ethyl adjacent to an activating group) is 1. The number of benzene rings is 3. The fourth-order valence-electron chi connectivity index (χ4n) is 4.34. The van der Waals surface area contributed by atoms with Gasteiger partial charge < -0.3 is 25.4 Å². The first-order valence-electron chi connectivity index (χ1n) is 13.1. The Hall–Kier alpha value is -4.97. The van der Waals surface area contributed by atoms with Gasteiger partial charge >= 0.3 is 18.2 Å². The second-order valence-corrected chi connectivity index (χ2v) is 9.91. The molecule has 0 bridgehead atoms. The molecule has 0 spiro atoms. The Morgan fingerprint density at radius 1 is 1.02 bits per heavy atom. The number of hydrogen-bond acceptors (Lipinski definition) is 5. The highest BCUT2D eigenvalue weighted by molar-refractivity contribution is 6.31. The largest absolute Gasteiger partial charge is 0.465 e. The van der Waals surface area contributed by atoms with Crippen LogP contribution in [0.2, 0.25) is 5.02 Å². The Bertz CT molecular complexity index is 1630. The van der Waals surface area contributed by atoms with Crippen molar-refractivity contribution in [2.45, 2.75) is 25.6 Å². The number of aromatic nitrogens is 1. The summed E-state index contributed by atoms with van der Waals surface area (Å²) in [6.45, 7) is -0.191. The number of carboxylic acid groups (broad SMARTS) is 1. The lowest BCUT2D eigenvalue weighted by molar-refractivity contribution is 0.135. The summed E-state index contributed by atoms with van der Waals surface area (Å²) in [6.07, 6.45) is -0.763. The van der Waals surface area contributed by atoms with E-state index in [-0.39, 0.29) is 42.5 Å². The van der Waals surface area contributed by atoms with E-state index >= 15 is 4.39 Å². The normalized spacial score (nSPS) is 11.4. The summed E-state index contributed by atoms with van der Waals surface area (Å²) in [6, 6.07) is 16.0. The molecule has 1 aromatic heterocycles.